The highest BCUT2D eigenvalue weighted by molar-refractivity contribution is 7.13. The minimum Gasteiger partial charge on any atom is -0.497 e. The summed E-state index contributed by atoms with van der Waals surface area (Å²) in [4.78, 5) is 19.1. The van der Waals surface area contributed by atoms with Crippen LogP contribution >= 0.6 is 11.3 Å². The van der Waals surface area contributed by atoms with Gasteiger partial charge in [0.1, 0.15) is 5.75 Å². The number of amides is 2. The Hall–Kier alpha value is -2.90. The maximum Gasteiger partial charge on any atom is 0.325 e. The fourth-order valence-corrected chi connectivity index (χ4v) is 3.99. The highest BCUT2D eigenvalue weighted by Gasteiger charge is 2.17. The summed E-state index contributed by atoms with van der Waals surface area (Å²) in [6, 6.07) is 15.5. The molecule has 2 aromatic carbocycles. The van der Waals surface area contributed by atoms with Crippen LogP contribution in [0.2, 0.25) is 0 Å². The number of fused-ring (bicyclic) bond motifs is 1. The van der Waals surface area contributed by atoms with Gasteiger partial charge in [0.25, 0.3) is 0 Å². The Balaban J connectivity index is 1.31. The molecular formula is C21H22N4O2S. The molecule has 0 spiro atoms. The van der Waals surface area contributed by atoms with E-state index in [-0.39, 0.29) is 6.03 Å². The van der Waals surface area contributed by atoms with Crippen LogP contribution in [0.1, 0.15) is 16.8 Å². The van der Waals surface area contributed by atoms with Crippen molar-refractivity contribution >= 4 is 28.2 Å². The molecule has 6 nitrogen and oxygen atoms in total. The third kappa shape index (κ3) is 4.49. The Morgan fingerprint density at radius 3 is 2.71 bits per heavy atom. The second-order valence-corrected chi connectivity index (χ2v) is 7.54. The first-order valence-corrected chi connectivity index (χ1v) is 10.0. The van der Waals surface area contributed by atoms with Gasteiger partial charge in [-0.05, 0) is 41.8 Å². The molecule has 2 heterocycles. The molecule has 0 fully saturated rings. The number of carbonyl (C=O) groups excluding carboxylic acids is 1. The van der Waals surface area contributed by atoms with Crippen LogP contribution in [0.5, 0.6) is 5.75 Å². The van der Waals surface area contributed by atoms with Gasteiger partial charge in [-0.2, -0.15) is 0 Å². The van der Waals surface area contributed by atoms with Crippen LogP contribution in [0.3, 0.4) is 0 Å². The fraction of sp³-hybridized carbons (Fsp3) is 0.238. The van der Waals surface area contributed by atoms with Gasteiger partial charge in [0.15, 0.2) is 5.13 Å². The van der Waals surface area contributed by atoms with Crippen molar-refractivity contribution < 1.29 is 9.53 Å². The molecule has 1 aromatic heterocycles. The van der Waals surface area contributed by atoms with Crippen molar-refractivity contribution in [1.29, 1.82) is 0 Å². The maximum absolute atomic E-state index is 12.2. The van der Waals surface area contributed by atoms with Gasteiger partial charge >= 0.3 is 6.03 Å². The number of nitrogens with one attached hydrogen (secondary N) is 2. The molecule has 2 N–H and O–H groups in total. The average molecular weight is 395 g/mol. The van der Waals surface area contributed by atoms with Crippen LogP contribution in [0.4, 0.5) is 15.6 Å². The Bertz CT molecular complexity index is 955. The number of carbonyl (C=O) groups is 1. The lowest BCUT2D eigenvalue weighted by Crippen LogP contribution is -2.30. The minimum atomic E-state index is -0.307. The van der Waals surface area contributed by atoms with Crippen molar-refractivity contribution in [2.24, 2.45) is 0 Å². The van der Waals surface area contributed by atoms with Crippen LogP contribution in [-0.2, 0) is 19.5 Å². The molecule has 28 heavy (non-hydrogen) atoms. The molecular weight excluding hydrogens is 372 g/mol. The zero-order chi connectivity index (χ0) is 19.3. The lowest BCUT2D eigenvalue weighted by atomic mass is 10.00. The Kier molecular flexibility index (Phi) is 5.55. The van der Waals surface area contributed by atoms with E-state index in [1.165, 1.54) is 22.5 Å². The van der Waals surface area contributed by atoms with E-state index in [1.807, 2.05) is 5.38 Å². The second kappa shape index (κ2) is 8.41. The monoisotopic (exact) mass is 394 g/mol. The van der Waals surface area contributed by atoms with Crippen molar-refractivity contribution in [3.8, 4) is 5.75 Å². The zero-order valence-corrected chi connectivity index (χ0v) is 16.5. The van der Waals surface area contributed by atoms with Gasteiger partial charge in [0.05, 0.1) is 12.8 Å². The fourth-order valence-electron chi connectivity index (χ4n) is 3.29. The zero-order valence-electron chi connectivity index (χ0n) is 15.6. The van der Waals surface area contributed by atoms with Crippen molar-refractivity contribution in [2.45, 2.75) is 19.5 Å². The van der Waals surface area contributed by atoms with E-state index in [1.54, 1.807) is 31.4 Å². The second-order valence-electron chi connectivity index (χ2n) is 6.68. The molecule has 0 saturated heterocycles. The SMILES string of the molecule is COc1ccc(NC(=O)Nc2nc(CN3CCc4ccccc4C3)cs2)cc1. The van der Waals surface area contributed by atoms with Crippen LogP contribution in [-0.4, -0.2) is 29.6 Å². The van der Waals surface area contributed by atoms with E-state index >= 15 is 0 Å². The molecule has 0 saturated carbocycles. The Labute approximate surface area is 168 Å². The molecule has 0 atom stereocenters. The normalized spacial score (nSPS) is 13.6. The first-order chi connectivity index (χ1) is 13.7. The molecule has 7 heteroatoms. The van der Waals surface area contributed by atoms with Gasteiger partial charge < -0.3 is 10.1 Å². The molecule has 0 aliphatic carbocycles. The first-order valence-electron chi connectivity index (χ1n) is 9.15. The molecule has 0 radical (unpaired) electrons. The van der Waals surface area contributed by atoms with E-state index in [4.69, 9.17) is 4.74 Å². The van der Waals surface area contributed by atoms with E-state index < -0.39 is 0 Å². The summed E-state index contributed by atoms with van der Waals surface area (Å²) in [6.45, 7) is 2.75. The molecule has 3 aromatic rings. The number of methoxy groups -OCH3 is 1. The predicted octanol–water partition coefficient (Wildman–Crippen LogP) is 4.35. The number of nitrogens with zero attached hydrogens (tertiary/aromatic N) is 2. The number of urea groups is 1. The van der Waals surface area contributed by atoms with Crippen molar-refractivity contribution in [2.75, 3.05) is 24.3 Å². The van der Waals surface area contributed by atoms with E-state index in [0.717, 1.165) is 37.5 Å². The Morgan fingerprint density at radius 1 is 1.14 bits per heavy atom. The summed E-state index contributed by atoms with van der Waals surface area (Å²) in [7, 11) is 1.61. The van der Waals surface area contributed by atoms with Gasteiger partial charge in [-0.3, -0.25) is 10.2 Å². The third-order valence-electron chi connectivity index (χ3n) is 4.72. The van der Waals surface area contributed by atoms with Crippen LogP contribution < -0.4 is 15.4 Å². The number of anilines is 2. The molecule has 1 aliphatic heterocycles. The molecule has 0 unspecified atom stereocenters. The lowest BCUT2D eigenvalue weighted by Gasteiger charge is -2.27. The summed E-state index contributed by atoms with van der Waals surface area (Å²) in [5.41, 5.74) is 4.50. The topological polar surface area (TPSA) is 66.5 Å². The van der Waals surface area contributed by atoms with E-state index in [0.29, 0.717) is 10.8 Å². The van der Waals surface area contributed by atoms with E-state index in [9.17, 15) is 4.79 Å². The van der Waals surface area contributed by atoms with Gasteiger partial charge in [0, 0.05) is 30.7 Å². The summed E-state index contributed by atoms with van der Waals surface area (Å²) in [6.07, 6.45) is 1.07. The number of aromatic nitrogens is 1. The van der Waals surface area contributed by atoms with Gasteiger partial charge in [0.2, 0.25) is 0 Å². The highest BCUT2D eigenvalue weighted by Crippen LogP contribution is 2.22. The number of benzene rings is 2. The summed E-state index contributed by atoms with van der Waals surface area (Å²) in [5, 5.41) is 8.19. The quantitative estimate of drug-likeness (QED) is 0.675. The third-order valence-corrected chi connectivity index (χ3v) is 5.52. The predicted molar refractivity (Wildman–Crippen MR) is 112 cm³/mol. The number of hydrogen-bond donors (Lipinski definition) is 2. The number of hydrogen-bond acceptors (Lipinski definition) is 5. The minimum absolute atomic E-state index is 0.307. The maximum atomic E-state index is 12.2. The summed E-state index contributed by atoms with van der Waals surface area (Å²) >= 11 is 1.44. The van der Waals surface area contributed by atoms with Crippen molar-refractivity contribution in [1.82, 2.24) is 9.88 Å². The molecule has 0 bridgehead atoms. The number of ether oxygens (including phenoxy) is 1. The molecule has 1 aliphatic rings. The van der Waals surface area contributed by atoms with Crippen LogP contribution in [0, 0.1) is 0 Å². The Morgan fingerprint density at radius 2 is 1.93 bits per heavy atom. The molecule has 144 valence electrons. The largest absolute Gasteiger partial charge is 0.497 e. The summed E-state index contributed by atoms with van der Waals surface area (Å²) in [5.74, 6) is 0.746. The van der Waals surface area contributed by atoms with Crippen LogP contribution in [0.25, 0.3) is 0 Å². The van der Waals surface area contributed by atoms with Gasteiger partial charge in [-0.25, -0.2) is 9.78 Å². The first kappa shape index (κ1) is 18.5. The van der Waals surface area contributed by atoms with Gasteiger partial charge in [-0.1, -0.05) is 24.3 Å². The number of rotatable bonds is 5. The molecule has 2 amide bonds. The standard InChI is InChI=1S/C21H22N4O2S/c1-27-19-8-6-17(7-9-19)22-20(26)24-21-23-18(14-28-21)13-25-11-10-15-4-2-3-5-16(15)12-25/h2-9,14H,10-13H2,1H3,(H2,22,23,24,26). The van der Waals surface area contributed by atoms with E-state index in [2.05, 4.69) is 44.8 Å². The van der Waals surface area contributed by atoms with Crippen molar-refractivity contribution in [3.63, 3.8) is 0 Å². The molecule has 4 rings (SSSR count). The highest BCUT2D eigenvalue weighted by atomic mass is 32.1. The number of thiazole rings is 1. The smallest absolute Gasteiger partial charge is 0.325 e. The van der Waals surface area contributed by atoms with Crippen molar-refractivity contribution in [3.05, 3.63) is 70.7 Å². The van der Waals surface area contributed by atoms with Crippen LogP contribution in [0.15, 0.2) is 53.9 Å². The van der Waals surface area contributed by atoms with Gasteiger partial charge in [-0.15, -0.1) is 11.3 Å². The lowest BCUT2D eigenvalue weighted by molar-refractivity contribution is 0.243. The average Bonchev–Trinajstić information content (AvgIpc) is 3.15. The summed E-state index contributed by atoms with van der Waals surface area (Å²) < 4.78 is 5.11.